The maximum Gasteiger partial charge on any atom is 0.264 e. The van der Waals surface area contributed by atoms with E-state index >= 15 is 0 Å². The van der Waals surface area contributed by atoms with E-state index in [-0.39, 0.29) is 11.9 Å². The maximum absolute atomic E-state index is 13.2. The molecule has 1 aliphatic heterocycles. The van der Waals surface area contributed by atoms with E-state index in [1.54, 1.807) is 0 Å². The minimum atomic E-state index is 0.119. The predicted octanol–water partition coefficient (Wildman–Crippen LogP) is 5.42. The van der Waals surface area contributed by atoms with Gasteiger partial charge in [0.2, 0.25) is 0 Å². The van der Waals surface area contributed by atoms with Crippen LogP contribution in [0.1, 0.15) is 27.7 Å². The van der Waals surface area contributed by atoms with E-state index in [2.05, 4.69) is 74.2 Å². The van der Waals surface area contributed by atoms with E-state index in [9.17, 15) is 4.79 Å². The number of rotatable bonds is 2. The van der Waals surface area contributed by atoms with E-state index in [1.165, 1.54) is 28.2 Å². The summed E-state index contributed by atoms with van der Waals surface area (Å²) in [6.45, 7) is 8.72. The average molecular weight is 416 g/mol. The number of pyridine rings is 1. The summed E-state index contributed by atoms with van der Waals surface area (Å²) in [4.78, 5) is 24.1. The van der Waals surface area contributed by atoms with Crippen LogP contribution in [0, 0.1) is 13.8 Å². The van der Waals surface area contributed by atoms with Crippen LogP contribution in [0.25, 0.3) is 21.1 Å². The molecule has 5 rings (SSSR count). The number of hydrogen-bond donors (Lipinski definition) is 0. The van der Waals surface area contributed by atoms with Crippen LogP contribution in [0.3, 0.4) is 0 Å². The fourth-order valence-corrected chi connectivity index (χ4v) is 5.34. The SMILES string of the molecule is Cc1cccc(N2CCN(C(=O)c3cc4cc5cc(C)ccc5nc4s3)C[C@@H]2C)c1. The summed E-state index contributed by atoms with van der Waals surface area (Å²) >= 11 is 1.50. The Morgan fingerprint density at radius 1 is 1.00 bits per heavy atom. The lowest BCUT2D eigenvalue weighted by atomic mass is 10.1. The third-order valence-corrected chi connectivity index (χ3v) is 6.95. The van der Waals surface area contributed by atoms with Crippen molar-refractivity contribution in [1.29, 1.82) is 0 Å². The van der Waals surface area contributed by atoms with E-state index < -0.39 is 0 Å². The monoisotopic (exact) mass is 415 g/mol. The normalized spacial score (nSPS) is 17.1. The first-order valence-corrected chi connectivity index (χ1v) is 11.2. The number of aryl methyl sites for hydroxylation is 2. The van der Waals surface area contributed by atoms with Gasteiger partial charge in [-0.2, -0.15) is 0 Å². The molecule has 0 N–H and O–H groups in total. The molecule has 4 aromatic rings. The topological polar surface area (TPSA) is 36.4 Å². The van der Waals surface area contributed by atoms with Crippen molar-refractivity contribution >= 4 is 44.1 Å². The Morgan fingerprint density at radius 3 is 2.63 bits per heavy atom. The third kappa shape index (κ3) is 3.43. The summed E-state index contributed by atoms with van der Waals surface area (Å²) in [5.74, 6) is 0.119. The zero-order valence-electron chi connectivity index (χ0n) is 17.6. The molecule has 0 aliphatic carbocycles. The van der Waals surface area contributed by atoms with Crippen LogP contribution in [0.2, 0.25) is 0 Å². The molecule has 0 unspecified atom stereocenters. The van der Waals surface area contributed by atoms with Gasteiger partial charge in [0.25, 0.3) is 5.91 Å². The maximum atomic E-state index is 13.2. The largest absolute Gasteiger partial charge is 0.365 e. The smallest absolute Gasteiger partial charge is 0.264 e. The highest BCUT2D eigenvalue weighted by Crippen LogP contribution is 2.30. The standard InChI is InChI=1S/C25H25N3OS/c1-16-5-4-6-21(12-16)28-10-9-27(15-18(28)3)25(29)23-14-20-13-19-11-17(2)7-8-22(19)26-24(20)30-23/h4-8,11-14,18H,9-10,15H2,1-3H3/t18-/m0/s1. The van der Waals surface area contributed by atoms with E-state index in [4.69, 9.17) is 4.98 Å². The van der Waals surface area contributed by atoms with Gasteiger partial charge in [-0.15, -0.1) is 11.3 Å². The highest BCUT2D eigenvalue weighted by atomic mass is 32.1. The Hall–Kier alpha value is -2.92. The highest BCUT2D eigenvalue weighted by molar-refractivity contribution is 7.20. The van der Waals surface area contributed by atoms with Gasteiger partial charge in [0.1, 0.15) is 4.83 Å². The fraction of sp³-hybridized carbons (Fsp3) is 0.280. The van der Waals surface area contributed by atoms with Crippen molar-refractivity contribution in [3.05, 3.63) is 70.6 Å². The molecular weight excluding hydrogens is 390 g/mol. The molecule has 2 aromatic carbocycles. The summed E-state index contributed by atoms with van der Waals surface area (Å²) in [7, 11) is 0. The van der Waals surface area contributed by atoms with Gasteiger partial charge in [0.05, 0.1) is 10.4 Å². The molecule has 5 heteroatoms. The summed E-state index contributed by atoms with van der Waals surface area (Å²) in [6.07, 6.45) is 0. The Balaban J connectivity index is 1.38. The van der Waals surface area contributed by atoms with Gasteiger partial charge in [0, 0.05) is 42.1 Å². The zero-order chi connectivity index (χ0) is 20.8. The van der Waals surface area contributed by atoms with Crippen molar-refractivity contribution in [3.63, 3.8) is 0 Å². The van der Waals surface area contributed by atoms with Crippen molar-refractivity contribution < 1.29 is 4.79 Å². The van der Waals surface area contributed by atoms with Gasteiger partial charge in [-0.3, -0.25) is 4.79 Å². The minimum Gasteiger partial charge on any atom is -0.365 e. The van der Waals surface area contributed by atoms with Crippen LogP contribution in [0.4, 0.5) is 5.69 Å². The van der Waals surface area contributed by atoms with Gasteiger partial charge in [0.15, 0.2) is 0 Å². The first kappa shape index (κ1) is 19.1. The van der Waals surface area contributed by atoms with Crippen LogP contribution in [0.5, 0.6) is 0 Å². The Morgan fingerprint density at radius 2 is 1.83 bits per heavy atom. The van der Waals surface area contributed by atoms with Crippen LogP contribution >= 0.6 is 11.3 Å². The predicted molar refractivity (Wildman–Crippen MR) is 126 cm³/mol. The van der Waals surface area contributed by atoms with Crippen LogP contribution in [-0.2, 0) is 0 Å². The zero-order valence-corrected chi connectivity index (χ0v) is 18.4. The molecule has 152 valence electrons. The molecule has 1 atom stereocenters. The number of benzene rings is 2. The molecule has 1 fully saturated rings. The lowest BCUT2D eigenvalue weighted by Crippen LogP contribution is -2.53. The van der Waals surface area contributed by atoms with Gasteiger partial charge in [-0.25, -0.2) is 4.98 Å². The van der Waals surface area contributed by atoms with Gasteiger partial charge < -0.3 is 9.80 Å². The number of piperazine rings is 1. The number of amides is 1. The molecule has 0 radical (unpaired) electrons. The fourth-order valence-electron chi connectivity index (χ4n) is 4.35. The quantitative estimate of drug-likeness (QED) is 0.439. The molecule has 1 saturated heterocycles. The molecule has 0 saturated carbocycles. The second-order valence-corrected chi connectivity index (χ2v) is 9.35. The van der Waals surface area contributed by atoms with Gasteiger partial charge >= 0.3 is 0 Å². The second-order valence-electron chi connectivity index (χ2n) is 8.32. The number of nitrogens with zero attached hydrogens (tertiary/aromatic N) is 3. The Labute approximate surface area is 180 Å². The van der Waals surface area contributed by atoms with Crippen molar-refractivity contribution in [1.82, 2.24) is 9.88 Å². The summed E-state index contributed by atoms with van der Waals surface area (Å²) in [5, 5.41) is 2.17. The number of anilines is 1. The molecule has 4 nitrogen and oxygen atoms in total. The number of fused-ring (bicyclic) bond motifs is 2. The van der Waals surface area contributed by atoms with Crippen molar-refractivity contribution in [3.8, 4) is 0 Å². The molecule has 0 bridgehead atoms. The van der Waals surface area contributed by atoms with E-state index in [0.717, 1.165) is 45.6 Å². The molecular formula is C25H25N3OS. The Kier molecular flexibility index (Phi) is 4.70. The molecule has 1 aliphatic rings. The molecule has 1 amide bonds. The number of hydrogen-bond acceptors (Lipinski definition) is 4. The van der Waals surface area contributed by atoms with Gasteiger partial charge in [-0.05, 0) is 62.7 Å². The average Bonchev–Trinajstić information content (AvgIpc) is 3.14. The van der Waals surface area contributed by atoms with E-state index in [0.29, 0.717) is 0 Å². The molecule has 30 heavy (non-hydrogen) atoms. The van der Waals surface area contributed by atoms with Crippen LogP contribution in [0.15, 0.2) is 54.6 Å². The molecule has 0 spiro atoms. The second kappa shape index (κ2) is 7.40. The van der Waals surface area contributed by atoms with Crippen molar-refractivity contribution in [2.75, 3.05) is 24.5 Å². The molecule has 3 heterocycles. The summed E-state index contributed by atoms with van der Waals surface area (Å²) in [6, 6.07) is 19.3. The molecule has 2 aromatic heterocycles. The minimum absolute atomic E-state index is 0.119. The van der Waals surface area contributed by atoms with Crippen molar-refractivity contribution in [2.24, 2.45) is 0 Å². The summed E-state index contributed by atoms with van der Waals surface area (Å²) in [5.41, 5.74) is 4.70. The first-order chi connectivity index (χ1) is 14.5. The van der Waals surface area contributed by atoms with Crippen LogP contribution in [-0.4, -0.2) is 41.5 Å². The number of aromatic nitrogens is 1. The lowest BCUT2D eigenvalue weighted by molar-refractivity contribution is 0.0731. The number of carbonyl (C=O) groups is 1. The van der Waals surface area contributed by atoms with E-state index in [1.807, 2.05) is 11.0 Å². The van der Waals surface area contributed by atoms with Gasteiger partial charge in [-0.1, -0.05) is 23.8 Å². The number of thiophene rings is 1. The van der Waals surface area contributed by atoms with Crippen LogP contribution < -0.4 is 4.90 Å². The number of carbonyl (C=O) groups excluding carboxylic acids is 1. The third-order valence-electron chi connectivity index (χ3n) is 5.92. The first-order valence-electron chi connectivity index (χ1n) is 10.4. The highest BCUT2D eigenvalue weighted by Gasteiger charge is 2.28. The lowest BCUT2D eigenvalue weighted by Gasteiger charge is -2.41. The summed E-state index contributed by atoms with van der Waals surface area (Å²) < 4.78 is 0. The van der Waals surface area contributed by atoms with Crippen molar-refractivity contribution in [2.45, 2.75) is 26.8 Å². The Bertz CT molecular complexity index is 1260.